The molecule has 0 spiro atoms. The second-order valence-corrected chi connectivity index (χ2v) is 8.19. The minimum absolute atomic E-state index is 0.0130. The van der Waals surface area contributed by atoms with Crippen molar-refractivity contribution in [3.05, 3.63) is 22.8 Å². The third kappa shape index (κ3) is 5.58. The van der Waals surface area contributed by atoms with Crippen LogP contribution in [0.4, 0.5) is 0 Å². The van der Waals surface area contributed by atoms with Gasteiger partial charge in [0.2, 0.25) is 11.8 Å². The number of aromatic nitrogens is 1. The number of hydrogen-bond donors (Lipinski definition) is 1. The Morgan fingerprint density at radius 1 is 1.28 bits per heavy atom. The molecular weight excluding hydrogens is 396 g/mol. The van der Waals surface area contributed by atoms with Gasteiger partial charge in [-0.15, -0.1) is 0 Å². The fourth-order valence-electron chi connectivity index (χ4n) is 3.46. The topological polar surface area (TPSA) is 84.0 Å². The highest BCUT2D eigenvalue weighted by molar-refractivity contribution is 6.32. The van der Waals surface area contributed by atoms with E-state index in [1.54, 1.807) is 11.0 Å². The molecule has 3 heterocycles. The number of hydrogen-bond acceptors (Lipinski definition) is 6. The van der Waals surface area contributed by atoms with E-state index < -0.39 is 0 Å². The van der Waals surface area contributed by atoms with Gasteiger partial charge in [0.1, 0.15) is 11.1 Å². The molecule has 0 saturated carbocycles. The van der Waals surface area contributed by atoms with Crippen LogP contribution in [0.1, 0.15) is 37.6 Å². The molecule has 2 aliphatic rings. The predicted molar refractivity (Wildman–Crippen MR) is 109 cm³/mol. The first-order valence-electron chi connectivity index (χ1n) is 10.1. The summed E-state index contributed by atoms with van der Waals surface area (Å²) in [6, 6.07) is 1.49. The summed E-state index contributed by atoms with van der Waals surface area (Å²) >= 11 is 6.28. The highest BCUT2D eigenvalue weighted by atomic mass is 35.5. The zero-order valence-corrected chi connectivity index (χ0v) is 17.9. The lowest BCUT2D eigenvalue weighted by Crippen LogP contribution is -2.55. The summed E-state index contributed by atoms with van der Waals surface area (Å²) in [6.07, 6.45) is 2.26. The van der Waals surface area contributed by atoms with Gasteiger partial charge >= 0.3 is 0 Å². The van der Waals surface area contributed by atoms with Crippen molar-refractivity contribution >= 4 is 23.4 Å². The third-order valence-corrected chi connectivity index (χ3v) is 5.45. The van der Waals surface area contributed by atoms with Gasteiger partial charge in [0.15, 0.2) is 0 Å². The monoisotopic (exact) mass is 424 g/mol. The summed E-state index contributed by atoms with van der Waals surface area (Å²) in [7, 11) is 0. The summed E-state index contributed by atoms with van der Waals surface area (Å²) in [5.74, 6) is 0.224. The maximum absolute atomic E-state index is 12.8. The molecule has 160 valence electrons. The van der Waals surface area contributed by atoms with Crippen LogP contribution in [0, 0.1) is 0 Å². The van der Waals surface area contributed by atoms with Crippen LogP contribution >= 0.6 is 11.6 Å². The van der Waals surface area contributed by atoms with E-state index >= 15 is 0 Å². The molecule has 2 unspecified atom stereocenters. The Labute approximate surface area is 176 Å². The lowest BCUT2D eigenvalue weighted by atomic mass is 10.2. The molecule has 2 atom stereocenters. The van der Waals surface area contributed by atoms with Crippen molar-refractivity contribution in [1.29, 1.82) is 0 Å². The molecule has 3 rings (SSSR count). The lowest BCUT2D eigenvalue weighted by Gasteiger charge is -2.37. The van der Waals surface area contributed by atoms with Gasteiger partial charge in [-0.2, -0.15) is 0 Å². The van der Waals surface area contributed by atoms with Crippen molar-refractivity contribution < 1.29 is 19.1 Å². The van der Waals surface area contributed by atoms with Crippen LogP contribution in [0.15, 0.2) is 12.3 Å². The fourth-order valence-corrected chi connectivity index (χ4v) is 3.67. The number of amides is 2. The molecule has 2 aliphatic heterocycles. The molecule has 1 N–H and O–H groups in total. The summed E-state index contributed by atoms with van der Waals surface area (Å²) < 4.78 is 11.0. The first-order chi connectivity index (χ1) is 13.8. The summed E-state index contributed by atoms with van der Waals surface area (Å²) in [5, 5.41) is 3.25. The van der Waals surface area contributed by atoms with E-state index in [9.17, 15) is 9.59 Å². The van der Waals surface area contributed by atoms with E-state index in [1.165, 1.54) is 6.20 Å². The zero-order chi connectivity index (χ0) is 21.0. The van der Waals surface area contributed by atoms with Gasteiger partial charge in [-0.3, -0.25) is 14.5 Å². The molecule has 9 heteroatoms. The van der Waals surface area contributed by atoms with Gasteiger partial charge in [-0.1, -0.05) is 11.6 Å². The van der Waals surface area contributed by atoms with Crippen LogP contribution in [0.3, 0.4) is 0 Å². The summed E-state index contributed by atoms with van der Waals surface area (Å²) in [6.45, 7) is 9.36. The number of halogens is 1. The maximum atomic E-state index is 12.8. The van der Waals surface area contributed by atoms with Crippen LogP contribution in [0.5, 0.6) is 5.88 Å². The number of nitrogens with zero attached hydrogens (tertiary/aromatic N) is 3. The molecule has 29 heavy (non-hydrogen) atoms. The van der Waals surface area contributed by atoms with E-state index in [0.29, 0.717) is 55.9 Å². The molecule has 1 aromatic heterocycles. The standard InChI is InChI=1S/C20H29ClN4O4/c1-13(2)23-18(26)14(3)24-5-7-25(8-6-24)20(27)15-10-17(21)19(22-11-15)29-16-4-9-28-12-16/h10-11,13-14,16H,4-9,12H2,1-3H3,(H,23,26). The molecule has 2 saturated heterocycles. The van der Waals surface area contributed by atoms with Gasteiger partial charge in [-0.05, 0) is 26.8 Å². The van der Waals surface area contributed by atoms with Gasteiger partial charge in [0, 0.05) is 44.8 Å². The second-order valence-electron chi connectivity index (χ2n) is 7.78. The quantitative estimate of drug-likeness (QED) is 0.746. The predicted octanol–water partition coefficient (Wildman–Crippen LogP) is 1.57. The molecule has 2 fully saturated rings. The van der Waals surface area contributed by atoms with Crippen molar-refractivity contribution in [3.63, 3.8) is 0 Å². The number of carbonyl (C=O) groups is 2. The SMILES string of the molecule is CC(C)NC(=O)C(C)N1CCN(C(=O)c2cnc(OC3CCOC3)c(Cl)c2)CC1. The van der Waals surface area contributed by atoms with Crippen molar-refractivity contribution in [2.45, 2.75) is 45.4 Å². The molecule has 0 aliphatic carbocycles. The first-order valence-corrected chi connectivity index (χ1v) is 10.5. The van der Waals surface area contributed by atoms with Crippen LogP contribution in [-0.4, -0.2) is 84.2 Å². The molecule has 1 aromatic rings. The van der Waals surface area contributed by atoms with Crippen molar-refractivity contribution in [3.8, 4) is 5.88 Å². The molecule has 8 nitrogen and oxygen atoms in total. The molecular formula is C20H29ClN4O4. The van der Waals surface area contributed by atoms with Crippen molar-refractivity contribution in [2.24, 2.45) is 0 Å². The summed E-state index contributed by atoms with van der Waals surface area (Å²) in [4.78, 5) is 33.1. The van der Waals surface area contributed by atoms with E-state index in [1.807, 2.05) is 20.8 Å². The molecule has 0 aromatic carbocycles. The average molecular weight is 425 g/mol. The number of carbonyl (C=O) groups excluding carboxylic acids is 2. The first kappa shape index (κ1) is 21.8. The minimum atomic E-state index is -0.221. The molecule has 0 radical (unpaired) electrons. The Morgan fingerprint density at radius 2 is 2.00 bits per heavy atom. The van der Waals surface area contributed by atoms with Gasteiger partial charge in [0.05, 0.1) is 24.8 Å². The maximum Gasteiger partial charge on any atom is 0.255 e. The summed E-state index contributed by atoms with van der Waals surface area (Å²) in [5.41, 5.74) is 0.434. The van der Waals surface area contributed by atoms with E-state index in [4.69, 9.17) is 21.1 Å². The van der Waals surface area contributed by atoms with Gasteiger partial charge in [-0.25, -0.2) is 4.98 Å². The van der Waals surface area contributed by atoms with Crippen LogP contribution in [0.25, 0.3) is 0 Å². The van der Waals surface area contributed by atoms with Crippen molar-refractivity contribution in [1.82, 2.24) is 20.1 Å². The lowest BCUT2D eigenvalue weighted by molar-refractivity contribution is -0.126. The van der Waals surface area contributed by atoms with Crippen LogP contribution < -0.4 is 10.1 Å². The smallest absolute Gasteiger partial charge is 0.255 e. The highest BCUT2D eigenvalue weighted by Gasteiger charge is 2.28. The van der Waals surface area contributed by atoms with Gasteiger partial charge < -0.3 is 19.7 Å². The van der Waals surface area contributed by atoms with Crippen LogP contribution in [-0.2, 0) is 9.53 Å². The minimum Gasteiger partial charge on any atom is -0.471 e. The highest BCUT2D eigenvalue weighted by Crippen LogP contribution is 2.26. The van der Waals surface area contributed by atoms with Crippen LogP contribution in [0.2, 0.25) is 5.02 Å². The van der Waals surface area contributed by atoms with E-state index in [0.717, 1.165) is 6.42 Å². The number of rotatable bonds is 6. The largest absolute Gasteiger partial charge is 0.471 e. The number of nitrogens with one attached hydrogen (secondary N) is 1. The number of ether oxygens (including phenoxy) is 2. The zero-order valence-electron chi connectivity index (χ0n) is 17.2. The number of piperazine rings is 1. The Balaban J connectivity index is 1.55. The van der Waals surface area contributed by atoms with Crippen molar-refractivity contribution in [2.75, 3.05) is 39.4 Å². The van der Waals surface area contributed by atoms with E-state index in [-0.39, 0.29) is 30.0 Å². The fraction of sp³-hybridized carbons (Fsp3) is 0.650. The Kier molecular flexibility index (Phi) is 7.32. The Bertz CT molecular complexity index is 731. The van der Waals surface area contributed by atoms with Gasteiger partial charge in [0.25, 0.3) is 5.91 Å². The molecule has 0 bridgehead atoms. The normalized spacial score (nSPS) is 21.3. The average Bonchev–Trinajstić information content (AvgIpc) is 3.21. The Hall–Kier alpha value is -1.90. The Morgan fingerprint density at radius 3 is 2.59 bits per heavy atom. The molecule has 2 amide bonds. The number of pyridine rings is 1. The third-order valence-electron chi connectivity index (χ3n) is 5.18. The second kappa shape index (κ2) is 9.73. The van der Waals surface area contributed by atoms with E-state index in [2.05, 4.69) is 15.2 Å².